The van der Waals surface area contributed by atoms with Gasteiger partial charge in [-0.05, 0) is 16.7 Å². The number of rotatable bonds is 3. The lowest BCUT2D eigenvalue weighted by molar-refractivity contribution is 0.886. The van der Waals surface area contributed by atoms with E-state index in [1.54, 1.807) is 0 Å². The average molecular weight is 211 g/mol. The lowest BCUT2D eigenvalue weighted by Gasteiger charge is -2.16. The van der Waals surface area contributed by atoms with E-state index in [-0.39, 0.29) is 0 Å². The molecule has 0 heterocycles. The van der Waals surface area contributed by atoms with Crippen LogP contribution in [0.4, 0.5) is 0 Å². The zero-order valence-electron chi connectivity index (χ0n) is 9.56. The maximum Gasteiger partial charge on any atom is 0.0181 e. The van der Waals surface area contributed by atoms with E-state index >= 15 is 0 Å². The lowest BCUT2D eigenvalue weighted by Crippen LogP contribution is -2.05. The van der Waals surface area contributed by atoms with Gasteiger partial charge in [0.1, 0.15) is 0 Å². The standard InChI is InChI=1S/C15H17N/c1-12(13-7-3-2-4-8-13)15-10-6-5-9-14(15)11-16/h2-10,12H,11,16H2,1H3/t12-/m1/s1. The van der Waals surface area contributed by atoms with E-state index in [1.807, 2.05) is 12.1 Å². The molecule has 2 N–H and O–H groups in total. The number of hydrogen-bond acceptors (Lipinski definition) is 1. The largest absolute Gasteiger partial charge is 0.326 e. The Kier molecular flexibility index (Phi) is 3.37. The van der Waals surface area contributed by atoms with Crippen molar-refractivity contribution in [1.82, 2.24) is 0 Å². The van der Waals surface area contributed by atoms with Gasteiger partial charge in [-0.1, -0.05) is 61.5 Å². The van der Waals surface area contributed by atoms with Crippen LogP contribution >= 0.6 is 0 Å². The van der Waals surface area contributed by atoms with Gasteiger partial charge in [-0.3, -0.25) is 0 Å². The van der Waals surface area contributed by atoms with Crippen molar-refractivity contribution >= 4 is 0 Å². The summed E-state index contributed by atoms with van der Waals surface area (Å²) in [5.41, 5.74) is 9.67. The Hall–Kier alpha value is -1.60. The number of hydrogen-bond donors (Lipinski definition) is 1. The monoisotopic (exact) mass is 211 g/mol. The second-order valence-electron chi connectivity index (χ2n) is 4.04. The van der Waals surface area contributed by atoms with Crippen LogP contribution in [0.2, 0.25) is 0 Å². The van der Waals surface area contributed by atoms with E-state index in [9.17, 15) is 0 Å². The molecule has 0 aromatic heterocycles. The highest BCUT2D eigenvalue weighted by Gasteiger charge is 2.10. The molecule has 2 rings (SSSR count). The highest BCUT2D eigenvalue weighted by Crippen LogP contribution is 2.26. The van der Waals surface area contributed by atoms with Crippen LogP contribution in [0.3, 0.4) is 0 Å². The zero-order valence-corrected chi connectivity index (χ0v) is 9.56. The topological polar surface area (TPSA) is 26.0 Å². The maximum atomic E-state index is 5.77. The molecule has 0 bridgehead atoms. The van der Waals surface area contributed by atoms with Gasteiger partial charge in [0.15, 0.2) is 0 Å². The Labute approximate surface area is 96.9 Å². The summed E-state index contributed by atoms with van der Waals surface area (Å²) >= 11 is 0. The molecule has 0 radical (unpaired) electrons. The molecular formula is C15H17N. The Bertz CT molecular complexity index is 448. The molecule has 0 unspecified atom stereocenters. The molecule has 1 heteroatoms. The van der Waals surface area contributed by atoms with Crippen molar-refractivity contribution in [3.63, 3.8) is 0 Å². The van der Waals surface area contributed by atoms with Crippen molar-refractivity contribution in [2.75, 3.05) is 0 Å². The minimum absolute atomic E-state index is 0.404. The molecule has 0 saturated heterocycles. The van der Waals surface area contributed by atoms with Crippen LogP contribution in [-0.4, -0.2) is 0 Å². The average Bonchev–Trinajstić information content (AvgIpc) is 2.39. The minimum atomic E-state index is 0.404. The van der Waals surface area contributed by atoms with E-state index in [0.717, 1.165) is 0 Å². The first-order valence-corrected chi connectivity index (χ1v) is 5.65. The van der Waals surface area contributed by atoms with Crippen LogP contribution < -0.4 is 5.73 Å². The van der Waals surface area contributed by atoms with Crippen LogP contribution in [0.15, 0.2) is 54.6 Å². The quantitative estimate of drug-likeness (QED) is 0.828. The van der Waals surface area contributed by atoms with Gasteiger partial charge in [0, 0.05) is 12.5 Å². The van der Waals surface area contributed by atoms with Crippen LogP contribution in [0.1, 0.15) is 29.5 Å². The third-order valence-corrected chi connectivity index (χ3v) is 3.04. The molecule has 0 aliphatic rings. The van der Waals surface area contributed by atoms with Crippen LogP contribution in [-0.2, 0) is 6.54 Å². The van der Waals surface area contributed by atoms with Gasteiger partial charge in [-0.2, -0.15) is 0 Å². The molecule has 2 aromatic carbocycles. The molecule has 0 aliphatic heterocycles. The fraction of sp³-hybridized carbons (Fsp3) is 0.200. The summed E-state index contributed by atoms with van der Waals surface area (Å²) in [6, 6.07) is 18.9. The molecule has 0 fully saturated rings. The van der Waals surface area contributed by atoms with Gasteiger partial charge in [-0.25, -0.2) is 0 Å². The molecule has 0 saturated carbocycles. The zero-order chi connectivity index (χ0) is 11.4. The van der Waals surface area contributed by atoms with E-state index in [2.05, 4.69) is 49.4 Å². The summed E-state index contributed by atoms with van der Waals surface area (Å²) in [5.74, 6) is 0.404. The second-order valence-corrected chi connectivity index (χ2v) is 4.04. The maximum absolute atomic E-state index is 5.77. The molecule has 16 heavy (non-hydrogen) atoms. The predicted octanol–water partition coefficient (Wildman–Crippen LogP) is 3.30. The lowest BCUT2D eigenvalue weighted by atomic mass is 9.90. The van der Waals surface area contributed by atoms with Gasteiger partial charge in [0.05, 0.1) is 0 Å². The minimum Gasteiger partial charge on any atom is -0.326 e. The summed E-state index contributed by atoms with van der Waals surface area (Å²) in [5, 5.41) is 0. The summed E-state index contributed by atoms with van der Waals surface area (Å²) in [6.07, 6.45) is 0. The van der Waals surface area contributed by atoms with Crippen LogP contribution in [0.25, 0.3) is 0 Å². The number of benzene rings is 2. The molecule has 0 amide bonds. The molecule has 0 spiro atoms. The van der Waals surface area contributed by atoms with E-state index < -0.39 is 0 Å². The van der Waals surface area contributed by atoms with E-state index in [0.29, 0.717) is 12.5 Å². The highest BCUT2D eigenvalue weighted by atomic mass is 14.5. The summed E-state index contributed by atoms with van der Waals surface area (Å²) in [6.45, 7) is 2.83. The first-order valence-electron chi connectivity index (χ1n) is 5.65. The Morgan fingerprint density at radius 2 is 1.56 bits per heavy atom. The van der Waals surface area contributed by atoms with Gasteiger partial charge >= 0.3 is 0 Å². The fourth-order valence-electron chi connectivity index (χ4n) is 2.06. The normalized spacial score (nSPS) is 12.4. The van der Waals surface area contributed by atoms with Crippen molar-refractivity contribution in [2.45, 2.75) is 19.4 Å². The second kappa shape index (κ2) is 4.95. The van der Waals surface area contributed by atoms with Gasteiger partial charge < -0.3 is 5.73 Å². The van der Waals surface area contributed by atoms with Crippen molar-refractivity contribution in [1.29, 1.82) is 0 Å². The third kappa shape index (κ3) is 2.15. The van der Waals surface area contributed by atoms with Gasteiger partial charge in [0.25, 0.3) is 0 Å². The molecule has 82 valence electrons. The smallest absolute Gasteiger partial charge is 0.0181 e. The first kappa shape index (κ1) is 10.9. The van der Waals surface area contributed by atoms with Crippen molar-refractivity contribution in [3.8, 4) is 0 Å². The van der Waals surface area contributed by atoms with Crippen LogP contribution in [0, 0.1) is 0 Å². The highest BCUT2D eigenvalue weighted by molar-refractivity contribution is 5.37. The van der Waals surface area contributed by atoms with Crippen molar-refractivity contribution < 1.29 is 0 Å². The molecule has 2 aromatic rings. The Morgan fingerprint density at radius 1 is 0.938 bits per heavy atom. The molecule has 0 aliphatic carbocycles. The fourth-order valence-corrected chi connectivity index (χ4v) is 2.06. The summed E-state index contributed by atoms with van der Waals surface area (Å²) in [4.78, 5) is 0. The van der Waals surface area contributed by atoms with E-state index in [1.165, 1.54) is 16.7 Å². The Balaban J connectivity index is 2.37. The van der Waals surface area contributed by atoms with E-state index in [4.69, 9.17) is 5.73 Å². The summed E-state index contributed by atoms with van der Waals surface area (Å²) < 4.78 is 0. The molecular weight excluding hydrogens is 194 g/mol. The first-order chi connectivity index (χ1) is 7.83. The predicted molar refractivity (Wildman–Crippen MR) is 68.3 cm³/mol. The van der Waals surface area contributed by atoms with Crippen molar-refractivity contribution in [2.24, 2.45) is 5.73 Å². The summed E-state index contributed by atoms with van der Waals surface area (Å²) in [7, 11) is 0. The SMILES string of the molecule is C[C@H](c1ccccc1)c1ccccc1CN. The van der Waals surface area contributed by atoms with Crippen molar-refractivity contribution in [3.05, 3.63) is 71.3 Å². The molecule has 1 nitrogen and oxygen atoms in total. The molecule has 1 atom stereocenters. The Morgan fingerprint density at radius 3 is 2.25 bits per heavy atom. The van der Waals surface area contributed by atoms with Gasteiger partial charge in [-0.15, -0.1) is 0 Å². The van der Waals surface area contributed by atoms with Crippen LogP contribution in [0.5, 0.6) is 0 Å². The van der Waals surface area contributed by atoms with Gasteiger partial charge in [0.2, 0.25) is 0 Å². The number of nitrogens with two attached hydrogens (primary N) is 1. The third-order valence-electron chi connectivity index (χ3n) is 3.04.